The Morgan fingerprint density at radius 1 is 1.33 bits per heavy atom. The Bertz CT molecular complexity index is 756. The Morgan fingerprint density at radius 3 is 2.79 bits per heavy atom. The quantitative estimate of drug-likeness (QED) is 0.911. The van der Waals surface area contributed by atoms with E-state index in [1.807, 2.05) is 0 Å². The number of hydrogen-bond acceptors (Lipinski definition) is 4. The van der Waals surface area contributed by atoms with Crippen molar-refractivity contribution in [2.75, 3.05) is 27.7 Å². The third kappa shape index (κ3) is 3.68. The molecule has 2 aromatic rings. The standard InChI is InChI=1S/C19H25N3O2/c1-21(12-16-9-18(23)19(24-3)10-20-16)13-17-8-14-6-4-5-7-15(14)11-22(17)2/h4-7,9-10,17H,8,11-13H2,1-3H3,(H,20,23)/t17-/m1/s1. The number of H-pyrrole nitrogens is 1. The van der Waals surface area contributed by atoms with E-state index in [9.17, 15) is 4.79 Å². The summed E-state index contributed by atoms with van der Waals surface area (Å²) in [7, 11) is 5.79. The second-order valence-corrected chi connectivity index (χ2v) is 6.63. The Hall–Kier alpha value is -2.11. The number of rotatable bonds is 5. The van der Waals surface area contributed by atoms with E-state index >= 15 is 0 Å². The molecule has 0 spiro atoms. The highest BCUT2D eigenvalue weighted by Gasteiger charge is 2.24. The first-order valence-corrected chi connectivity index (χ1v) is 8.28. The molecule has 1 N–H and O–H groups in total. The van der Waals surface area contributed by atoms with Crippen LogP contribution < -0.4 is 10.2 Å². The van der Waals surface area contributed by atoms with E-state index in [1.165, 1.54) is 18.2 Å². The van der Waals surface area contributed by atoms with Gasteiger partial charge in [-0.15, -0.1) is 0 Å². The molecule has 0 saturated heterocycles. The Morgan fingerprint density at radius 2 is 2.08 bits per heavy atom. The number of fused-ring (bicyclic) bond motifs is 1. The monoisotopic (exact) mass is 327 g/mol. The molecule has 0 radical (unpaired) electrons. The lowest BCUT2D eigenvalue weighted by Gasteiger charge is -2.36. The van der Waals surface area contributed by atoms with Crippen LogP contribution in [0.5, 0.6) is 5.75 Å². The van der Waals surface area contributed by atoms with E-state index in [-0.39, 0.29) is 5.43 Å². The van der Waals surface area contributed by atoms with Crippen LogP contribution in [-0.2, 0) is 19.5 Å². The third-order valence-corrected chi connectivity index (χ3v) is 4.74. The van der Waals surface area contributed by atoms with Crippen molar-refractivity contribution in [1.29, 1.82) is 0 Å². The summed E-state index contributed by atoms with van der Waals surface area (Å²) < 4.78 is 5.01. The van der Waals surface area contributed by atoms with E-state index in [0.29, 0.717) is 18.3 Å². The van der Waals surface area contributed by atoms with Gasteiger partial charge < -0.3 is 9.72 Å². The highest BCUT2D eigenvalue weighted by atomic mass is 16.5. The number of nitrogens with zero attached hydrogens (tertiary/aromatic N) is 2. The zero-order valence-electron chi connectivity index (χ0n) is 14.6. The van der Waals surface area contributed by atoms with Crippen molar-refractivity contribution < 1.29 is 4.74 Å². The summed E-state index contributed by atoms with van der Waals surface area (Å²) in [4.78, 5) is 19.7. The molecule has 5 nitrogen and oxygen atoms in total. The molecule has 0 aliphatic carbocycles. The second-order valence-electron chi connectivity index (χ2n) is 6.63. The van der Waals surface area contributed by atoms with Crippen molar-refractivity contribution in [1.82, 2.24) is 14.8 Å². The molecule has 2 heterocycles. The van der Waals surface area contributed by atoms with Gasteiger partial charge in [-0.1, -0.05) is 24.3 Å². The normalized spacial score (nSPS) is 17.8. The van der Waals surface area contributed by atoms with Crippen molar-refractivity contribution in [3.05, 3.63) is 63.6 Å². The molecular formula is C19H25N3O2. The zero-order chi connectivity index (χ0) is 17.1. The van der Waals surface area contributed by atoms with E-state index in [1.54, 1.807) is 12.3 Å². The second kappa shape index (κ2) is 7.20. The summed E-state index contributed by atoms with van der Waals surface area (Å²) in [6.45, 7) is 2.66. The van der Waals surface area contributed by atoms with Crippen molar-refractivity contribution in [2.45, 2.75) is 25.6 Å². The van der Waals surface area contributed by atoms with Crippen LogP contribution in [0.2, 0.25) is 0 Å². The maximum atomic E-state index is 11.9. The van der Waals surface area contributed by atoms with Gasteiger partial charge >= 0.3 is 0 Å². The van der Waals surface area contributed by atoms with Crippen molar-refractivity contribution in [3.8, 4) is 5.75 Å². The highest BCUT2D eigenvalue weighted by molar-refractivity contribution is 5.30. The number of benzene rings is 1. The Kier molecular flexibility index (Phi) is 5.02. The molecule has 1 aromatic heterocycles. The van der Waals surface area contributed by atoms with Gasteiger partial charge in [-0.05, 0) is 31.6 Å². The number of likely N-dealkylation sites (N-methyl/N-ethyl adjacent to an activating group) is 2. The summed E-state index contributed by atoms with van der Waals surface area (Å²) in [6.07, 6.45) is 2.70. The van der Waals surface area contributed by atoms with Gasteiger partial charge in [0.15, 0.2) is 5.75 Å². The fourth-order valence-electron chi connectivity index (χ4n) is 3.39. The summed E-state index contributed by atoms with van der Waals surface area (Å²) in [5.41, 5.74) is 3.70. The van der Waals surface area contributed by atoms with E-state index < -0.39 is 0 Å². The minimum absolute atomic E-state index is 0.0802. The van der Waals surface area contributed by atoms with Crippen molar-refractivity contribution in [2.24, 2.45) is 0 Å². The summed E-state index contributed by atoms with van der Waals surface area (Å²) in [5, 5.41) is 0. The number of aromatic amines is 1. The Balaban J connectivity index is 1.64. The molecular weight excluding hydrogens is 302 g/mol. The number of methoxy groups -OCH3 is 1. The van der Waals surface area contributed by atoms with Gasteiger partial charge in [0.2, 0.25) is 5.43 Å². The largest absolute Gasteiger partial charge is 0.491 e. The lowest BCUT2D eigenvalue weighted by Crippen LogP contribution is -2.44. The minimum atomic E-state index is -0.0802. The van der Waals surface area contributed by atoms with Crippen LogP contribution >= 0.6 is 0 Å². The van der Waals surface area contributed by atoms with Gasteiger partial charge in [-0.3, -0.25) is 14.6 Å². The molecule has 0 saturated carbocycles. The predicted octanol–water partition coefficient (Wildman–Crippen LogP) is 1.87. The third-order valence-electron chi connectivity index (χ3n) is 4.74. The van der Waals surface area contributed by atoms with Gasteiger partial charge in [0.25, 0.3) is 0 Å². The van der Waals surface area contributed by atoms with Gasteiger partial charge in [0.1, 0.15) is 0 Å². The van der Waals surface area contributed by atoms with Crippen LogP contribution in [0, 0.1) is 0 Å². The number of nitrogens with one attached hydrogen (secondary N) is 1. The number of hydrogen-bond donors (Lipinski definition) is 1. The summed E-state index contributed by atoms with van der Waals surface area (Å²) in [6, 6.07) is 10.8. The van der Waals surface area contributed by atoms with Crippen LogP contribution in [0.25, 0.3) is 0 Å². The maximum Gasteiger partial charge on any atom is 0.223 e. The number of pyridine rings is 1. The van der Waals surface area contributed by atoms with Gasteiger partial charge in [-0.25, -0.2) is 0 Å². The first-order valence-electron chi connectivity index (χ1n) is 8.28. The van der Waals surface area contributed by atoms with Crippen LogP contribution in [0.4, 0.5) is 0 Å². The first kappa shape index (κ1) is 16.7. The van der Waals surface area contributed by atoms with Gasteiger partial charge in [0, 0.05) is 43.6 Å². The molecule has 1 aliphatic rings. The van der Waals surface area contributed by atoms with E-state index in [0.717, 1.165) is 25.2 Å². The van der Waals surface area contributed by atoms with Crippen LogP contribution in [0.3, 0.4) is 0 Å². The van der Waals surface area contributed by atoms with Crippen molar-refractivity contribution in [3.63, 3.8) is 0 Å². The minimum Gasteiger partial charge on any atom is -0.491 e. The predicted molar refractivity (Wildman–Crippen MR) is 95.3 cm³/mol. The fourth-order valence-corrected chi connectivity index (χ4v) is 3.39. The molecule has 0 fully saturated rings. The summed E-state index contributed by atoms with van der Waals surface area (Å²) >= 11 is 0. The van der Waals surface area contributed by atoms with Crippen LogP contribution in [0.15, 0.2) is 41.3 Å². The smallest absolute Gasteiger partial charge is 0.223 e. The molecule has 5 heteroatoms. The number of ether oxygens (including phenoxy) is 1. The molecule has 1 aromatic carbocycles. The fraction of sp³-hybridized carbons (Fsp3) is 0.421. The lowest BCUT2D eigenvalue weighted by molar-refractivity contribution is 0.158. The molecule has 0 bridgehead atoms. The zero-order valence-corrected chi connectivity index (χ0v) is 14.6. The van der Waals surface area contributed by atoms with E-state index in [2.05, 4.69) is 53.1 Å². The maximum absolute atomic E-state index is 11.9. The van der Waals surface area contributed by atoms with Crippen molar-refractivity contribution >= 4 is 0 Å². The molecule has 128 valence electrons. The molecule has 3 rings (SSSR count). The van der Waals surface area contributed by atoms with Crippen LogP contribution in [0.1, 0.15) is 16.8 Å². The molecule has 24 heavy (non-hydrogen) atoms. The first-order chi connectivity index (χ1) is 11.6. The molecule has 1 atom stereocenters. The SMILES string of the molecule is COc1c[nH]c(CN(C)C[C@H]2Cc3ccccc3CN2C)cc1=O. The molecule has 0 amide bonds. The molecule has 1 aliphatic heterocycles. The average Bonchev–Trinajstić information content (AvgIpc) is 2.55. The molecule has 0 unspecified atom stereocenters. The number of aromatic nitrogens is 1. The van der Waals surface area contributed by atoms with Gasteiger partial charge in [-0.2, -0.15) is 0 Å². The van der Waals surface area contributed by atoms with Gasteiger partial charge in [0.05, 0.1) is 7.11 Å². The van der Waals surface area contributed by atoms with E-state index in [4.69, 9.17) is 4.74 Å². The average molecular weight is 327 g/mol. The topological polar surface area (TPSA) is 48.6 Å². The Labute approximate surface area is 142 Å². The summed E-state index contributed by atoms with van der Waals surface area (Å²) in [5.74, 6) is 0.352. The lowest BCUT2D eigenvalue weighted by atomic mass is 9.94. The van der Waals surface area contributed by atoms with Crippen LogP contribution in [-0.4, -0.2) is 48.6 Å². The highest BCUT2D eigenvalue weighted by Crippen LogP contribution is 2.22.